The van der Waals surface area contributed by atoms with Crippen molar-refractivity contribution in [1.82, 2.24) is 14.9 Å². The van der Waals surface area contributed by atoms with Crippen LogP contribution in [0.2, 0.25) is 0 Å². The summed E-state index contributed by atoms with van der Waals surface area (Å²) < 4.78 is 0. The molecule has 5 rings (SSSR count). The van der Waals surface area contributed by atoms with E-state index in [0.29, 0.717) is 5.39 Å². The van der Waals surface area contributed by atoms with E-state index >= 15 is 0 Å². The minimum atomic E-state index is -0.0540. The van der Waals surface area contributed by atoms with E-state index < -0.39 is 0 Å². The van der Waals surface area contributed by atoms with E-state index in [1.54, 1.807) is 6.20 Å². The predicted octanol–water partition coefficient (Wildman–Crippen LogP) is 2.64. The van der Waals surface area contributed by atoms with Gasteiger partial charge in [-0.1, -0.05) is 19.1 Å². The summed E-state index contributed by atoms with van der Waals surface area (Å²) in [6.45, 7) is 7.65. The first kappa shape index (κ1) is 15.6. The van der Waals surface area contributed by atoms with Gasteiger partial charge in [-0.15, -0.1) is 0 Å². The molecule has 0 amide bonds. The molecule has 1 aliphatic carbocycles. The average molecular weight is 346 g/mol. The number of H-pyrrole nitrogens is 1. The molecule has 0 saturated carbocycles. The number of pyridine rings is 2. The summed E-state index contributed by atoms with van der Waals surface area (Å²) in [7, 11) is 0. The monoisotopic (exact) mass is 346 g/mol. The second-order valence-electron chi connectivity index (χ2n) is 7.11. The first-order valence-electron chi connectivity index (χ1n) is 9.35. The molecule has 0 bridgehead atoms. The predicted molar refractivity (Wildman–Crippen MR) is 105 cm³/mol. The Labute approximate surface area is 152 Å². The van der Waals surface area contributed by atoms with Crippen LogP contribution in [0.1, 0.15) is 18.1 Å². The number of likely N-dealkylation sites (N-methyl/N-ethyl adjacent to an activating group) is 1. The highest BCUT2D eigenvalue weighted by atomic mass is 16.1. The molecule has 3 aromatic rings. The number of fused-ring (bicyclic) bond motifs is 5. The van der Waals surface area contributed by atoms with E-state index in [-0.39, 0.29) is 5.56 Å². The summed E-state index contributed by atoms with van der Waals surface area (Å²) in [6, 6.07) is 10.1. The normalized spacial score (nSPS) is 16.7. The Morgan fingerprint density at radius 2 is 1.92 bits per heavy atom. The summed E-state index contributed by atoms with van der Waals surface area (Å²) in [4.78, 5) is 25.1. The van der Waals surface area contributed by atoms with Crippen molar-refractivity contribution >= 4 is 16.6 Å². The number of hydrogen-bond acceptors (Lipinski definition) is 4. The van der Waals surface area contributed by atoms with Crippen LogP contribution in [-0.2, 0) is 6.42 Å². The van der Waals surface area contributed by atoms with Crippen LogP contribution < -0.4 is 10.5 Å². The van der Waals surface area contributed by atoms with Crippen LogP contribution in [-0.4, -0.2) is 47.6 Å². The van der Waals surface area contributed by atoms with E-state index in [2.05, 4.69) is 44.9 Å². The number of benzene rings is 1. The number of anilines is 1. The minimum Gasteiger partial charge on any atom is -0.369 e. The molecule has 0 spiro atoms. The molecule has 26 heavy (non-hydrogen) atoms. The molecule has 2 aliphatic rings. The Morgan fingerprint density at radius 3 is 2.73 bits per heavy atom. The van der Waals surface area contributed by atoms with Crippen LogP contribution in [0, 0.1) is 0 Å². The topological polar surface area (TPSA) is 52.2 Å². The lowest BCUT2D eigenvalue weighted by molar-refractivity contribution is 0.271. The quantitative estimate of drug-likeness (QED) is 0.606. The van der Waals surface area contributed by atoms with Gasteiger partial charge < -0.3 is 14.8 Å². The van der Waals surface area contributed by atoms with Gasteiger partial charge in [-0.2, -0.15) is 0 Å². The van der Waals surface area contributed by atoms with Gasteiger partial charge in [0.15, 0.2) is 0 Å². The zero-order valence-electron chi connectivity index (χ0n) is 15.0. The largest absolute Gasteiger partial charge is 0.369 e. The molecule has 1 aliphatic heterocycles. The van der Waals surface area contributed by atoms with Crippen molar-refractivity contribution in [3.8, 4) is 11.3 Å². The maximum Gasteiger partial charge on any atom is 0.257 e. The number of aromatic nitrogens is 2. The summed E-state index contributed by atoms with van der Waals surface area (Å²) in [5.74, 6) is 0. The molecule has 1 N–H and O–H groups in total. The zero-order valence-corrected chi connectivity index (χ0v) is 15.0. The van der Waals surface area contributed by atoms with Crippen LogP contribution in [0.4, 0.5) is 5.69 Å². The van der Waals surface area contributed by atoms with Crippen molar-refractivity contribution in [2.75, 3.05) is 37.6 Å². The maximum absolute atomic E-state index is 12.5. The van der Waals surface area contributed by atoms with Gasteiger partial charge in [-0.3, -0.25) is 9.78 Å². The van der Waals surface area contributed by atoms with Gasteiger partial charge in [0.05, 0.1) is 16.6 Å². The number of piperazine rings is 1. The van der Waals surface area contributed by atoms with Crippen LogP contribution in [0.5, 0.6) is 0 Å². The summed E-state index contributed by atoms with van der Waals surface area (Å²) >= 11 is 0. The molecule has 0 unspecified atom stereocenters. The van der Waals surface area contributed by atoms with E-state index in [0.717, 1.165) is 61.5 Å². The Kier molecular flexibility index (Phi) is 3.57. The van der Waals surface area contributed by atoms with Gasteiger partial charge in [-0.05, 0) is 30.3 Å². The second-order valence-corrected chi connectivity index (χ2v) is 7.11. The summed E-state index contributed by atoms with van der Waals surface area (Å²) in [6.07, 6.45) is 2.61. The van der Waals surface area contributed by atoms with E-state index in [1.807, 2.05) is 12.1 Å². The number of nitrogens with zero attached hydrogens (tertiary/aromatic N) is 3. The Hall–Kier alpha value is -2.66. The molecule has 1 saturated heterocycles. The lowest BCUT2D eigenvalue weighted by atomic mass is 10.1. The van der Waals surface area contributed by atoms with Crippen molar-refractivity contribution in [3.63, 3.8) is 0 Å². The highest BCUT2D eigenvalue weighted by Gasteiger charge is 2.28. The third-order valence-electron chi connectivity index (χ3n) is 5.81. The van der Waals surface area contributed by atoms with Crippen LogP contribution in [0.3, 0.4) is 0 Å². The number of aromatic amines is 1. The zero-order chi connectivity index (χ0) is 17.7. The average Bonchev–Trinajstić information content (AvgIpc) is 3.07. The molecule has 3 heterocycles. The molecule has 0 radical (unpaired) electrons. The molecule has 5 heteroatoms. The van der Waals surface area contributed by atoms with E-state index in [9.17, 15) is 4.79 Å². The Balaban J connectivity index is 1.61. The molecule has 2 aromatic heterocycles. The van der Waals surface area contributed by atoms with Crippen molar-refractivity contribution in [1.29, 1.82) is 0 Å². The van der Waals surface area contributed by atoms with E-state index in [1.165, 1.54) is 11.3 Å². The maximum atomic E-state index is 12.5. The minimum absolute atomic E-state index is 0.0540. The number of rotatable bonds is 2. The molecule has 132 valence electrons. The first-order chi connectivity index (χ1) is 12.8. The van der Waals surface area contributed by atoms with Crippen LogP contribution in [0.25, 0.3) is 22.2 Å². The van der Waals surface area contributed by atoms with E-state index in [4.69, 9.17) is 0 Å². The van der Waals surface area contributed by atoms with Gasteiger partial charge in [0.1, 0.15) is 0 Å². The first-order valence-corrected chi connectivity index (χ1v) is 9.35. The third-order valence-corrected chi connectivity index (χ3v) is 5.81. The van der Waals surface area contributed by atoms with Crippen LogP contribution >= 0.6 is 0 Å². The van der Waals surface area contributed by atoms with Gasteiger partial charge in [0, 0.05) is 55.6 Å². The highest BCUT2D eigenvalue weighted by molar-refractivity contribution is 5.91. The molecule has 0 atom stereocenters. The molecule has 1 aromatic carbocycles. The molecule has 1 fully saturated rings. The second kappa shape index (κ2) is 5.95. The third kappa shape index (κ3) is 2.27. The van der Waals surface area contributed by atoms with Crippen molar-refractivity contribution < 1.29 is 0 Å². The van der Waals surface area contributed by atoms with Crippen molar-refractivity contribution in [2.45, 2.75) is 13.3 Å². The summed E-state index contributed by atoms with van der Waals surface area (Å²) in [5, 5.41) is 0.678. The van der Waals surface area contributed by atoms with Crippen molar-refractivity contribution in [2.24, 2.45) is 0 Å². The number of hydrogen-bond donors (Lipinski definition) is 1. The summed E-state index contributed by atoms with van der Waals surface area (Å²) in [5.41, 5.74) is 6.66. The molecule has 5 nitrogen and oxygen atoms in total. The fraction of sp³-hybridized carbons (Fsp3) is 0.333. The molecular formula is C21H22N4O. The van der Waals surface area contributed by atoms with Gasteiger partial charge in [0.25, 0.3) is 5.56 Å². The Morgan fingerprint density at radius 1 is 1.08 bits per heavy atom. The van der Waals surface area contributed by atoms with Gasteiger partial charge >= 0.3 is 0 Å². The van der Waals surface area contributed by atoms with Crippen LogP contribution in [0.15, 0.2) is 41.3 Å². The fourth-order valence-electron chi connectivity index (χ4n) is 4.38. The Bertz CT molecular complexity index is 1050. The van der Waals surface area contributed by atoms with Gasteiger partial charge in [-0.25, -0.2) is 0 Å². The smallest absolute Gasteiger partial charge is 0.257 e. The van der Waals surface area contributed by atoms with Crippen molar-refractivity contribution in [3.05, 3.63) is 58.0 Å². The highest BCUT2D eigenvalue weighted by Crippen LogP contribution is 2.41. The standard InChI is InChI=1S/C21H22N4O/c1-2-24-9-11-25(12-10-24)18-7-3-5-14-16(18)13-17-19-15(6-4-8-22-19)21(26)23-20(14)17/h3-8H,2,9-13H2,1H3,(H,23,26). The SMILES string of the molecule is CCN1CCN(c2cccc3c2Cc2c-3[nH]c(=O)c3cccnc23)CC1. The fourth-order valence-corrected chi connectivity index (χ4v) is 4.38. The van der Waals surface area contributed by atoms with Gasteiger partial charge in [0.2, 0.25) is 0 Å². The lowest BCUT2D eigenvalue weighted by Gasteiger charge is -2.36. The number of nitrogens with one attached hydrogen (secondary N) is 1. The molecular weight excluding hydrogens is 324 g/mol. The lowest BCUT2D eigenvalue weighted by Crippen LogP contribution is -2.46.